The fourth-order valence-electron chi connectivity index (χ4n) is 1.30. The lowest BCUT2D eigenvalue weighted by Gasteiger charge is -2.25. The summed E-state index contributed by atoms with van der Waals surface area (Å²) < 4.78 is 0. The van der Waals surface area contributed by atoms with Crippen molar-refractivity contribution in [2.24, 2.45) is 0 Å². The van der Waals surface area contributed by atoms with Gasteiger partial charge in [-0.1, -0.05) is 18.6 Å². The highest BCUT2D eigenvalue weighted by atomic mass is 15.2. The maximum atomic E-state index is 2.39. The summed E-state index contributed by atoms with van der Waals surface area (Å²) in [5.74, 6) is 0. The largest absolute Gasteiger partial charge is 0.305 e. The van der Waals surface area contributed by atoms with Crippen LogP contribution in [0.1, 0.15) is 27.7 Å². The fourth-order valence-corrected chi connectivity index (χ4v) is 1.30. The molecule has 0 aliphatic heterocycles. The maximum Gasteiger partial charge on any atom is 0.0249 e. The van der Waals surface area contributed by atoms with E-state index in [0.717, 1.165) is 19.6 Å². The topological polar surface area (TPSA) is 6.48 Å². The van der Waals surface area contributed by atoms with Gasteiger partial charge in [0.1, 0.15) is 0 Å². The van der Waals surface area contributed by atoms with Gasteiger partial charge in [-0.05, 0) is 41.4 Å². The minimum absolute atomic E-state index is 0.547. The number of rotatable bonds is 6. The van der Waals surface area contributed by atoms with Crippen LogP contribution in [0.25, 0.3) is 0 Å². The van der Waals surface area contributed by atoms with Crippen molar-refractivity contribution in [3.05, 3.63) is 11.6 Å². The molecule has 0 bridgehead atoms. The Bertz CT molecular complexity index is 171. The summed E-state index contributed by atoms with van der Waals surface area (Å²) in [7, 11) is 4.35. The third kappa shape index (κ3) is 6.17. The molecule has 0 rings (SSSR count). The second-order valence-electron chi connectivity index (χ2n) is 4.36. The van der Waals surface area contributed by atoms with Crippen LogP contribution in [0, 0.1) is 0 Å². The lowest BCUT2D eigenvalue weighted by Crippen LogP contribution is -2.35. The number of hydrogen-bond donors (Lipinski definition) is 0. The highest BCUT2D eigenvalue weighted by molar-refractivity contribution is 4.99. The highest BCUT2D eigenvalue weighted by Gasteiger charge is 2.06. The monoisotopic (exact) mass is 198 g/mol. The summed E-state index contributed by atoms with van der Waals surface area (Å²) >= 11 is 0. The molecule has 2 nitrogen and oxygen atoms in total. The molecule has 0 heterocycles. The van der Waals surface area contributed by atoms with E-state index in [4.69, 9.17) is 0 Å². The first-order valence-electron chi connectivity index (χ1n) is 5.51. The SMILES string of the molecule is CCN(C)CCN(C)C(C)C=C(C)C. The molecule has 84 valence electrons. The van der Waals surface area contributed by atoms with Gasteiger partial charge in [0.15, 0.2) is 0 Å². The average molecular weight is 198 g/mol. The summed E-state index contributed by atoms with van der Waals surface area (Å²) in [6.07, 6.45) is 2.31. The molecule has 0 amide bonds. The zero-order valence-corrected chi connectivity index (χ0v) is 10.7. The molecule has 2 heteroatoms. The first kappa shape index (κ1) is 13.7. The van der Waals surface area contributed by atoms with Crippen LogP contribution in [0.5, 0.6) is 0 Å². The Labute approximate surface area is 89.6 Å². The molecule has 0 aromatic carbocycles. The Morgan fingerprint density at radius 1 is 1.21 bits per heavy atom. The van der Waals surface area contributed by atoms with Gasteiger partial charge >= 0.3 is 0 Å². The molecule has 0 aliphatic carbocycles. The molecule has 0 saturated heterocycles. The van der Waals surface area contributed by atoms with E-state index in [2.05, 4.69) is 57.7 Å². The van der Waals surface area contributed by atoms with Crippen molar-refractivity contribution in [1.82, 2.24) is 9.80 Å². The van der Waals surface area contributed by atoms with Crippen LogP contribution in [0.4, 0.5) is 0 Å². The molecular formula is C12H26N2. The molecule has 0 aliphatic rings. The lowest BCUT2D eigenvalue weighted by atomic mass is 10.2. The zero-order chi connectivity index (χ0) is 11.1. The van der Waals surface area contributed by atoms with Gasteiger partial charge in [-0.2, -0.15) is 0 Å². The van der Waals surface area contributed by atoms with Crippen LogP contribution in [-0.4, -0.2) is 49.6 Å². The molecule has 0 saturated carbocycles. The number of nitrogens with zero attached hydrogens (tertiary/aromatic N) is 2. The van der Waals surface area contributed by atoms with Crippen molar-refractivity contribution in [2.75, 3.05) is 33.7 Å². The molecule has 0 aromatic heterocycles. The average Bonchev–Trinajstić information content (AvgIpc) is 2.12. The summed E-state index contributed by atoms with van der Waals surface area (Å²) in [6, 6.07) is 0.547. The first-order chi connectivity index (χ1) is 6.47. The summed E-state index contributed by atoms with van der Waals surface area (Å²) in [5, 5.41) is 0. The first-order valence-corrected chi connectivity index (χ1v) is 5.51. The molecule has 0 spiro atoms. The smallest absolute Gasteiger partial charge is 0.0249 e. The summed E-state index contributed by atoms with van der Waals surface area (Å²) in [5.41, 5.74) is 1.40. The third-order valence-corrected chi connectivity index (χ3v) is 2.64. The molecule has 1 unspecified atom stereocenters. The standard InChI is InChI=1S/C12H26N2/c1-7-13(5)8-9-14(6)12(4)10-11(2)3/h10,12H,7-9H2,1-6H3. The van der Waals surface area contributed by atoms with E-state index in [1.54, 1.807) is 0 Å². The molecule has 14 heavy (non-hydrogen) atoms. The van der Waals surface area contributed by atoms with Crippen molar-refractivity contribution >= 4 is 0 Å². The molecule has 0 N–H and O–H groups in total. The van der Waals surface area contributed by atoms with Crippen LogP contribution in [0.2, 0.25) is 0 Å². The Morgan fingerprint density at radius 3 is 2.21 bits per heavy atom. The van der Waals surface area contributed by atoms with Gasteiger partial charge in [0.25, 0.3) is 0 Å². The Morgan fingerprint density at radius 2 is 1.79 bits per heavy atom. The van der Waals surface area contributed by atoms with E-state index >= 15 is 0 Å². The van der Waals surface area contributed by atoms with Crippen LogP contribution in [-0.2, 0) is 0 Å². The van der Waals surface area contributed by atoms with Crippen LogP contribution in [0.3, 0.4) is 0 Å². The molecule has 1 atom stereocenters. The quantitative estimate of drug-likeness (QED) is 0.604. The van der Waals surface area contributed by atoms with E-state index in [1.807, 2.05) is 0 Å². The van der Waals surface area contributed by atoms with E-state index in [1.165, 1.54) is 5.57 Å². The summed E-state index contributed by atoms with van der Waals surface area (Å²) in [6.45, 7) is 12.2. The summed E-state index contributed by atoms with van der Waals surface area (Å²) in [4.78, 5) is 4.73. The Kier molecular flexibility index (Phi) is 6.85. The van der Waals surface area contributed by atoms with Gasteiger partial charge in [0.05, 0.1) is 0 Å². The van der Waals surface area contributed by atoms with Crippen molar-refractivity contribution < 1.29 is 0 Å². The van der Waals surface area contributed by atoms with Gasteiger partial charge in [0, 0.05) is 19.1 Å². The second-order valence-corrected chi connectivity index (χ2v) is 4.36. The minimum Gasteiger partial charge on any atom is -0.305 e. The van der Waals surface area contributed by atoms with Crippen LogP contribution < -0.4 is 0 Å². The van der Waals surface area contributed by atoms with Crippen LogP contribution >= 0.6 is 0 Å². The molecule has 0 aromatic rings. The van der Waals surface area contributed by atoms with Gasteiger partial charge in [0.2, 0.25) is 0 Å². The van der Waals surface area contributed by atoms with Gasteiger partial charge in [-0.15, -0.1) is 0 Å². The van der Waals surface area contributed by atoms with E-state index < -0.39 is 0 Å². The highest BCUT2D eigenvalue weighted by Crippen LogP contribution is 2.01. The van der Waals surface area contributed by atoms with Crippen LogP contribution in [0.15, 0.2) is 11.6 Å². The maximum absolute atomic E-state index is 2.39. The van der Waals surface area contributed by atoms with Crippen molar-refractivity contribution in [3.8, 4) is 0 Å². The molecule has 0 fully saturated rings. The van der Waals surface area contributed by atoms with Gasteiger partial charge in [-0.25, -0.2) is 0 Å². The molecule has 0 radical (unpaired) electrons. The van der Waals surface area contributed by atoms with E-state index in [0.29, 0.717) is 6.04 Å². The second kappa shape index (κ2) is 7.02. The Hall–Kier alpha value is -0.340. The predicted octanol–water partition coefficient (Wildman–Crippen LogP) is 2.22. The fraction of sp³-hybridized carbons (Fsp3) is 0.833. The van der Waals surface area contributed by atoms with Gasteiger partial charge < -0.3 is 4.90 Å². The number of allylic oxidation sites excluding steroid dienone is 1. The Balaban J connectivity index is 3.84. The van der Waals surface area contributed by atoms with E-state index in [9.17, 15) is 0 Å². The minimum atomic E-state index is 0.547. The zero-order valence-electron chi connectivity index (χ0n) is 10.7. The van der Waals surface area contributed by atoms with Gasteiger partial charge in [-0.3, -0.25) is 4.90 Å². The predicted molar refractivity (Wildman–Crippen MR) is 64.7 cm³/mol. The van der Waals surface area contributed by atoms with E-state index in [-0.39, 0.29) is 0 Å². The lowest BCUT2D eigenvalue weighted by molar-refractivity contribution is 0.242. The molecular weight excluding hydrogens is 172 g/mol. The van der Waals surface area contributed by atoms with Crippen molar-refractivity contribution in [2.45, 2.75) is 33.7 Å². The number of hydrogen-bond acceptors (Lipinski definition) is 2. The van der Waals surface area contributed by atoms with Crippen molar-refractivity contribution in [3.63, 3.8) is 0 Å². The number of likely N-dealkylation sites (N-methyl/N-ethyl adjacent to an activating group) is 2. The van der Waals surface area contributed by atoms with Crippen molar-refractivity contribution in [1.29, 1.82) is 0 Å². The normalized spacial score (nSPS) is 13.4. The third-order valence-electron chi connectivity index (χ3n) is 2.64.